The van der Waals surface area contributed by atoms with E-state index in [2.05, 4.69) is 10.1 Å². The summed E-state index contributed by atoms with van der Waals surface area (Å²) in [5.41, 5.74) is 2.68. The van der Waals surface area contributed by atoms with E-state index in [0.29, 0.717) is 28.3 Å². The van der Waals surface area contributed by atoms with Crippen LogP contribution in [0, 0.1) is 6.92 Å². The Balaban J connectivity index is 2.25. The van der Waals surface area contributed by atoms with Gasteiger partial charge in [0.15, 0.2) is 11.5 Å². The molecule has 1 aromatic carbocycles. The third kappa shape index (κ3) is 2.22. The molecule has 3 rings (SSSR count). The number of H-pyrrole nitrogens is 1. The number of aryl methyl sites for hydroxylation is 2. The van der Waals surface area contributed by atoms with Crippen molar-refractivity contribution in [2.45, 2.75) is 6.92 Å². The summed E-state index contributed by atoms with van der Waals surface area (Å²) in [6.07, 6.45) is 0. The number of hydrogen-bond acceptors (Lipinski definition) is 4. The fraction of sp³-hybridized carbons (Fsp3) is 0.250. The van der Waals surface area contributed by atoms with Crippen molar-refractivity contribution >= 4 is 10.9 Å². The Labute approximate surface area is 127 Å². The maximum absolute atomic E-state index is 12.3. The summed E-state index contributed by atoms with van der Waals surface area (Å²) < 4.78 is 12.3. The Morgan fingerprint density at radius 2 is 1.77 bits per heavy atom. The zero-order chi connectivity index (χ0) is 15.9. The van der Waals surface area contributed by atoms with Gasteiger partial charge in [0.05, 0.1) is 31.0 Å². The van der Waals surface area contributed by atoms with Gasteiger partial charge in [-0.05, 0) is 25.1 Å². The van der Waals surface area contributed by atoms with E-state index in [1.165, 1.54) is 0 Å². The lowest BCUT2D eigenvalue weighted by Crippen LogP contribution is -2.09. The van der Waals surface area contributed by atoms with Gasteiger partial charge in [0.25, 0.3) is 5.56 Å². The number of aromatic nitrogens is 3. The predicted molar refractivity (Wildman–Crippen MR) is 84.6 cm³/mol. The summed E-state index contributed by atoms with van der Waals surface area (Å²) in [4.78, 5) is 15.2. The predicted octanol–water partition coefficient (Wildman–Crippen LogP) is 2.25. The van der Waals surface area contributed by atoms with Gasteiger partial charge >= 0.3 is 0 Å². The molecule has 2 aromatic heterocycles. The molecular weight excluding hydrogens is 282 g/mol. The number of ether oxygens (including phenoxy) is 2. The molecule has 0 fully saturated rings. The van der Waals surface area contributed by atoms with Gasteiger partial charge in [-0.15, -0.1) is 0 Å². The van der Waals surface area contributed by atoms with Crippen LogP contribution in [-0.4, -0.2) is 29.0 Å². The van der Waals surface area contributed by atoms with Crippen LogP contribution in [0.4, 0.5) is 0 Å². The molecule has 0 aliphatic heterocycles. The molecule has 22 heavy (non-hydrogen) atoms. The summed E-state index contributed by atoms with van der Waals surface area (Å²) in [5, 5.41) is 5.22. The minimum atomic E-state index is -0.183. The molecule has 0 saturated carbocycles. The molecule has 6 nitrogen and oxygen atoms in total. The van der Waals surface area contributed by atoms with Crippen LogP contribution in [0.15, 0.2) is 29.1 Å². The van der Waals surface area contributed by atoms with Crippen molar-refractivity contribution in [3.05, 3.63) is 40.3 Å². The van der Waals surface area contributed by atoms with Gasteiger partial charge in [0.1, 0.15) is 0 Å². The number of benzene rings is 1. The molecule has 0 bridgehead atoms. The maximum atomic E-state index is 12.3. The molecule has 1 N–H and O–H groups in total. The smallest absolute Gasteiger partial charge is 0.257 e. The van der Waals surface area contributed by atoms with Crippen molar-refractivity contribution < 1.29 is 9.47 Å². The van der Waals surface area contributed by atoms with Crippen LogP contribution in [0.2, 0.25) is 0 Å². The third-order valence-electron chi connectivity index (χ3n) is 3.74. The molecule has 0 aliphatic carbocycles. The van der Waals surface area contributed by atoms with Gasteiger partial charge in [-0.25, -0.2) is 0 Å². The van der Waals surface area contributed by atoms with E-state index < -0.39 is 0 Å². The van der Waals surface area contributed by atoms with E-state index >= 15 is 0 Å². The summed E-state index contributed by atoms with van der Waals surface area (Å²) in [7, 11) is 4.99. The minimum Gasteiger partial charge on any atom is -0.493 e. The van der Waals surface area contributed by atoms with E-state index in [0.717, 1.165) is 11.1 Å². The zero-order valence-electron chi connectivity index (χ0n) is 12.9. The molecule has 0 aliphatic rings. The summed E-state index contributed by atoms with van der Waals surface area (Å²) >= 11 is 0. The highest BCUT2D eigenvalue weighted by Gasteiger charge is 2.12. The van der Waals surface area contributed by atoms with Crippen molar-refractivity contribution in [2.24, 2.45) is 7.05 Å². The first-order chi connectivity index (χ1) is 10.5. The normalized spacial score (nSPS) is 10.9. The SMILES string of the molecule is COc1cc2cc(-c3cc(C)n(C)n3)c(=O)[nH]c2cc1OC. The quantitative estimate of drug-likeness (QED) is 0.805. The Morgan fingerprint density at radius 3 is 2.36 bits per heavy atom. The molecule has 0 unspecified atom stereocenters. The first-order valence-electron chi connectivity index (χ1n) is 6.83. The fourth-order valence-electron chi connectivity index (χ4n) is 2.42. The van der Waals surface area contributed by atoms with Gasteiger partial charge < -0.3 is 14.5 Å². The number of nitrogens with one attached hydrogen (secondary N) is 1. The van der Waals surface area contributed by atoms with Gasteiger partial charge in [0.2, 0.25) is 0 Å². The topological polar surface area (TPSA) is 69.1 Å². The number of methoxy groups -OCH3 is 2. The summed E-state index contributed by atoms with van der Waals surface area (Å²) in [6, 6.07) is 7.29. The second-order valence-corrected chi connectivity index (χ2v) is 5.10. The van der Waals surface area contributed by atoms with Gasteiger partial charge in [-0.2, -0.15) is 5.10 Å². The Hall–Kier alpha value is -2.76. The largest absolute Gasteiger partial charge is 0.493 e. The van der Waals surface area contributed by atoms with E-state index in [1.807, 2.05) is 32.2 Å². The highest BCUT2D eigenvalue weighted by atomic mass is 16.5. The zero-order valence-corrected chi connectivity index (χ0v) is 12.9. The lowest BCUT2D eigenvalue weighted by atomic mass is 10.1. The Kier molecular flexibility index (Phi) is 3.36. The molecule has 0 radical (unpaired) electrons. The van der Waals surface area contributed by atoms with Crippen LogP contribution in [0.3, 0.4) is 0 Å². The van der Waals surface area contributed by atoms with E-state index in [1.54, 1.807) is 25.0 Å². The second kappa shape index (κ2) is 5.22. The standard InChI is InChI=1S/C16H17N3O3/c1-9-5-13(18-19(9)2)11-6-10-7-14(21-3)15(22-4)8-12(10)17-16(11)20/h5-8H,1-4H3,(H,17,20). The van der Waals surface area contributed by atoms with E-state index in [4.69, 9.17) is 9.47 Å². The monoisotopic (exact) mass is 299 g/mol. The second-order valence-electron chi connectivity index (χ2n) is 5.10. The molecule has 0 saturated heterocycles. The number of aromatic amines is 1. The molecule has 0 atom stereocenters. The van der Waals surface area contributed by atoms with Crippen molar-refractivity contribution in [3.8, 4) is 22.8 Å². The van der Waals surface area contributed by atoms with Crippen molar-refractivity contribution in [1.29, 1.82) is 0 Å². The molecule has 6 heteroatoms. The first-order valence-corrected chi connectivity index (χ1v) is 6.83. The number of nitrogens with zero attached hydrogens (tertiary/aromatic N) is 2. The fourth-order valence-corrected chi connectivity index (χ4v) is 2.42. The molecule has 0 spiro atoms. The van der Waals surface area contributed by atoms with Crippen LogP contribution < -0.4 is 15.0 Å². The summed E-state index contributed by atoms with van der Waals surface area (Å²) in [5.74, 6) is 1.19. The van der Waals surface area contributed by atoms with Crippen LogP contribution in [0.1, 0.15) is 5.69 Å². The van der Waals surface area contributed by atoms with Crippen LogP contribution in [-0.2, 0) is 7.05 Å². The Morgan fingerprint density at radius 1 is 1.09 bits per heavy atom. The van der Waals surface area contributed by atoms with Crippen LogP contribution >= 0.6 is 0 Å². The van der Waals surface area contributed by atoms with Gasteiger partial charge in [-0.3, -0.25) is 9.48 Å². The van der Waals surface area contributed by atoms with Crippen LogP contribution in [0.25, 0.3) is 22.2 Å². The lowest BCUT2D eigenvalue weighted by Gasteiger charge is -2.09. The average molecular weight is 299 g/mol. The maximum Gasteiger partial charge on any atom is 0.257 e. The van der Waals surface area contributed by atoms with Crippen molar-refractivity contribution in [3.63, 3.8) is 0 Å². The van der Waals surface area contributed by atoms with Crippen LogP contribution in [0.5, 0.6) is 11.5 Å². The molecule has 114 valence electrons. The molecule has 3 aromatic rings. The molecular formula is C16H17N3O3. The number of pyridine rings is 1. The minimum absolute atomic E-state index is 0.183. The summed E-state index contributed by atoms with van der Waals surface area (Å²) in [6.45, 7) is 1.94. The first kappa shape index (κ1) is 14.2. The van der Waals surface area contributed by atoms with Gasteiger partial charge in [-0.1, -0.05) is 0 Å². The lowest BCUT2D eigenvalue weighted by molar-refractivity contribution is 0.356. The highest BCUT2D eigenvalue weighted by molar-refractivity contribution is 5.86. The highest BCUT2D eigenvalue weighted by Crippen LogP contribution is 2.31. The number of hydrogen-bond donors (Lipinski definition) is 1. The number of fused-ring (bicyclic) bond motifs is 1. The molecule has 2 heterocycles. The third-order valence-corrected chi connectivity index (χ3v) is 3.74. The van der Waals surface area contributed by atoms with Crippen molar-refractivity contribution in [2.75, 3.05) is 14.2 Å². The van der Waals surface area contributed by atoms with Crippen molar-refractivity contribution in [1.82, 2.24) is 14.8 Å². The van der Waals surface area contributed by atoms with E-state index in [-0.39, 0.29) is 5.56 Å². The Bertz CT molecular complexity index is 889. The van der Waals surface area contributed by atoms with Gasteiger partial charge in [0, 0.05) is 24.2 Å². The number of rotatable bonds is 3. The average Bonchev–Trinajstić information content (AvgIpc) is 2.84. The van der Waals surface area contributed by atoms with E-state index in [9.17, 15) is 4.79 Å². The molecule has 0 amide bonds.